The van der Waals surface area contributed by atoms with Gasteiger partial charge >= 0.3 is 6.18 Å². The fourth-order valence-electron chi connectivity index (χ4n) is 2.66. The molecule has 0 unspecified atom stereocenters. The molecule has 6 heteroatoms. The lowest BCUT2D eigenvalue weighted by Crippen LogP contribution is -2.20. The predicted octanol–water partition coefficient (Wildman–Crippen LogP) is 4.55. The standard InChI is InChI=1S/C18H15F3N2O/c1-10-3-4-12(7-11(10)2)17(24)23-15-6-5-14(22)8-13(15)9-16(23)18(19,20)21/h3-9H,22H2,1-2H3. The highest BCUT2D eigenvalue weighted by Gasteiger charge is 2.37. The number of aryl methyl sites for hydroxylation is 2. The van der Waals surface area contributed by atoms with Crippen LogP contribution < -0.4 is 5.73 Å². The van der Waals surface area contributed by atoms with Crippen LogP contribution in [0.2, 0.25) is 0 Å². The molecule has 3 nitrogen and oxygen atoms in total. The summed E-state index contributed by atoms with van der Waals surface area (Å²) in [5.74, 6) is -0.717. The molecule has 0 spiro atoms. The number of nitrogens with zero attached hydrogens (tertiary/aromatic N) is 1. The van der Waals surface area contributed by atoms with Crippen LogP contribution in [-0.4, -0.2) is 10.5 Å². The summed E-state index contributed by atoms with van der Waals surface area (Å²) >= 11 is 0. The maximum atomic E-state index is 13.4. The number of fused-ring (bicyclic) bond motifs is 1. The zero-order valence-electron chi connectivity index (χ0n) is 13.1. The SMILES string of the molecule is Cc1ccc(C(=O)n2c(C(F)(F)F)cc3cc(N)ccc32)cc1C. The molecule has 0 fully saturated rings. The van der Waals surface area contributed by atoms with Crippen molar-refractivity contribution in [2.24, 2.45) is 0 Å². The first-order valence-electron chi connectivity index (χ1n) is 7.28. The molecule has 0 atom stereocenters. The van der Waals surface area contributed by atoms with Gasteiger partial charge in [-0.1, -0.05) is 6.07 Å². The zero-order chi connectivity index (χ0) is 17.6. The van der Waals surface area contributed by atoms with Gasteiger partial charge in [0.15, 0.2) is 0 Å². The molecule has 0 aliphatic heterocycles. The predicted molar refractivity (Wildman–Crippen MR) is 87.0 cm³/mol. The minimum atomic E-state index is -4.65. The van der Waals surface area contributed by atoms with E-state index in [0.717, 1.165) is 17.2 Å². The first kappa shape index (κ1) is 16.1. The summed E-state index contributed by atoms with van der Waals surface area (Å²) in [7, 11) is 0. The van der Waals surface area contributed by atoms with E-state index in [4.69, 9.17) is 5.73 Å². The molecule has 2 N–H and O–H groups in total. The van der Waals surface area contributed by atoms with Crippen LogP contribution in [0.3, 0.4) is 0 Å². The first-order valence-corrected chi connectivity index (χ1v) is 7.28. The largest absolute Gasteiger partial charge is 0.431 e. The second kappa shape index (κ2) is 5.40. The second-order valence-corrected chi connectivity index (χ2v) is 5.79. The van der Waals surface area contributed by atoms with Crippen molar-refractivity contribution in [2.45, 2.75) is 20.0 Å². The Morgan fingerprint density at radius 2 is 1.71 bits per heavy atom. The molecule has 0 radical (unpaired) electrons. The molecule has 0 aliphatic carbocycles. The number of nitrogen functional groups attached to an aromatic ring is 1. The zero-order valence-corrected chi connectivity index (χ0v) is 13.1. The first-order chi connectivity index (χ1) is 11.2. The number of hydrogen-bond donors (Lipinski definition) is 1. The van der Waals surface area contributed by atoms with E-state index in [9.17, 15) is 18.0 Å². The highest BCUT2D eigenvalue weighted by Crippen LogP contribution is 2.35. The second-order valence-electron chi connectivity index (χ2n) is 5.79. The molecular weight excluding hydrogens is 317 g/mol. The lowest BCUT2D eigenvalue weighted by Gasteiger charge is -2.13. The Bertz CT molecular complexity index is 955. The van der Waals surface area contributed by atoms with Gasteiger partial charge in [0.05, 0.1) is 5.52 Å². The third-order valence-electron chi connectivity index (χ3n) is 4.07. The quantitative estimate of drug-likeness (QED) is 0.665. The van der Waals surface area contributed by atoms with Crippen LogP contribution in [0, 0.1) is 13.8 Å². The molecule has 0 aliphatic rings. The van der Waals surface area contributed by atoms with E-state index in [-0.39, 0.29) is 16.5 Å². The summed E-state index contributed by atoms with van der Waals surface area (Å²) in [6, 6.07) is 10.1. The van der Waals surface area contributed by atoms with Gasteiger partial charge in [0.2, 0.25) is 0 Å². The van der Waals surface area contributed by atoms with E-state index < -0.39 is 17.8 Å². The van der Waals surface area contributed by atoms with Gasteiger partial charge < -0.3 is 5.73 Å². The van der Waals surface area contributed by atoms with Gasteiger partial charge in [0.1, 0.15) is 5.69 Å². The van der Waals surface area contributed by atoms with Crippen LogP contribution >= 0.6 is 0 Å². The summed E-state index contributed by atoms with van der Waals surface area (Å²) in [6.07, 6.45) is -4.65. The monoisotopic (exact) mass is 332 g/mol. The third-order valence-corrected chi connectivity index (χ3v) is 4.07. The molecular formula is C18H15F3N2O. The minimum absolute atomic E-state index is 0.180. The number of carbonyl (C=O) groups excluding carboxylic acids is 1. The van der Waals surface area contributed by atoms with E-state index >= 15 is 0 Å². The van der Waals surface area contributed by atoms with Gasteiger partial charge in [-0.15, -0.1) is 0 Å². The number of rotatable bonds is 1. The number of nitrogens with two attached hydrogens (primary N) is 1. The van der Waals surface area contributed by atoms with Crippen molar-refractivity contribution in [3.8, 4) is 0 Å². The van der Waals surface area contributed by atoms with Crippen molar-refractivity contribution >= 4 is 22.5 Å². The van der Waals surface area contributed by atoms with E-state index in [1.165, 1.54) is 24.3 Å². The Labute approximate surface area is 136 Å². The minimum Gasteiger partial charge on any atom is -0.399 e. The summed E-state index contributed by atoms with van der Waals surface area (Å²) in [4.78, 5) is 12.8. The lowest BCUT2D eigenvalue weighted by atomic mass is 10.1. The Morgan fingerprint density at radius 1 is 1.00 bits per heavy atom. The van der Waals surface area contributed by atoms with Crippen LogP contribution in [0.5, 0.6) is 0 Å². The number of benzene rings is 2. The average Bonchev–Trinajstić information content (AvgIpc) is 2.88. The number of anilines is 1. The van der Waals surface area contributed by atoms with Crippen molar-refractivity contribution < 1.29 is 18.0 Å². The van der Waals surface area contributed by atoms with Crippen molar-refractivity contribution in [1.82, 2.24) is 4.57 Å². The summed E-state index contributed by atoms with van der Waals surface area (Å²) in [5.41, 5.74) is 7.17. The third kappa shape index (κ3) is 2.64. The van der Waals surface area contributed by atoms with Crippen molar-refractivity contribution in [3.63, 3.8) is 0 Å². The van der Waals surface area contributed by atoms with Gasteiger partial charge in [0, 0.05) is 16.6 Å². The van der Waals surface area contributed by atoms with Crippen molar-refractivity contribution in [2.75, 3.05) is 5.73 Å². The number of aromatic nitrogens is 1. The number of hydrogen-bond acceptors (Lipinski definition) is 2. The van der Waals surface area contributed by atoms with Crippen LogP contribution in [-0.2, 0) is 6.18 Å². The molecule has 1 heterocycles. The van der Waals surface area contributed by atoms with Crippen LogP contribution in [0.4, 0.5) is 18.9 Å². The highest BCUT2D eigenvalue weighted by molar-refractivity contribution is 6.03. The van der Waals surface area contributed by atoms with E-state index in [2.05, 4.69) is 0 Å². The molecule has 24 heavy (non-hydrogen) atoms. The van der Waals surface area contributed by atoms with Crippen LogP contribution in [0.25, 0.3) is 10.9 Å². The molecule has 2 aromatic carbocycles. The molecule has 124 valence electrons. The Hall–Kier alpha value is -2.76. The smallest absolute Gasteiger partial charge is 0.399 e. The molecule has 3 aromatic rings. The van der Waals surface area contributed by atoms with E-state index in [1.807, 2.05) is 13.8 Å². The van der Waals surface area contributed by atoms with Crippen molar-refractivity contribution in [3.05, 3.63) is 64.8 Å². The fraction of sp³-hybridized carbons (Fsp3) is 0.167. The van der Waals surface area contributed by atoms with Crippen LogP contribution in [0.1, 0.15) is 27.2 Å². The average molecular weight is 332 g/mol. The van der Waals surface area contributed by atoms with Crippen LogP contribution in [0.15, 0.2) is 42.5 Å². The lowest BCUT2D eigenvalue weighted by molar-refractivity contribution is -0.142. The fourth-order valence-corrected chi connectivity index (χ4v) is 2.66. The Balaban J connectivity index is 2.26. The molecule has 0 saturated carbocycles. The van der Waals surface area contributed by atoms with Crippen molar-refractivity contribution in [1.29, 1.82) is 0 Å². The maximum Gasteiger partial charge on any atom is 0.431 e. The maximum absolute atomic E-state index is 13.4. The molecule has 3 rings (SSSR count). The summed E-state index contributed by atoms with van der Waals surface area (Å²) in [5, 5.41) is 0.277. The topological polar surface area (TPSA) is 48.0 Å². The van der Waals surface area contributed by atoms with Gasteiger partial charge in [-0.25, -0.2) is 0 Å². The molecule has 0 saturated heterocycles. The molecule has 0 bridgehead atoms. The van der Waals surface area contributed by atoms with E-state index in [1.54, 1.807) is 12.1 Å². The Morgan fingerprint density at radius 3 is 2.33 bits per heavy atom. The molecule has 0 amide bonds. The molecule has 1 aromatic heterocycles. The summed E-state index contributed by atoms with van der Waals surface area (Å²) in [6.45, 7) is 3.68. The number of carbonyl (C=O) groups is 1. The Kier molecular flexibility index (Phi) is 3.63. The van der Waals surface area contributed by atoms with E-state index in [0.29, 0.717) is 10.3 Å². The normalized spacial score (nSPS) is 11.9. The van der Waals surface area contributed by atoms with Gasteiger partial charge in [-0.3, -0.25) is 9.36 Å². The number of alkyl halides is 3. The summed E-state index contributed by atoms with van der Waals surface area (Å²) < 4.78 is 40.9. The van der Waals surface area contributed by atoms with Gasteiger partial charge in [0.25, 0.3) is 5.91 Å². The van der Waals surface area contributed by atoms with Gasteiger partial charge in [-0.05, 0) is 61.4 Å². The number of halogens is 3. The highest BCUT2D eigenvalue weighted by atomic mass is 19.4. The van der Waals surface area contributed by atoms with Gasteiger partial charge in [-0.2, -0.15) is 13.2 Å².